The number of carbonyl (C=O) groups excluding carboxylic acids is 1. The fraction of sp³-hybridized carbons (Fsp3) is 0.529. The van der Waals surface area contributed by atoms with Gasteiger partial charge < -0.3 is 19.9 Å². The molecule has 6 heteroatoms. The molecule has 0 fully saturated rings. The van der Waals surface area contributed by atoms with E-state index in [0.717, 1.165) is 0 Å². The van der Waals surface area contributed by atoms with Crippen LogP contribution in [0.2, 0.25) is 0 Å². The third kappa shape index (κ3) is 5.81. The van der Waals surface area contributed by atoms with Crippen LogP contribution in [0.5, 0.6) is 11.5 Å². The van der Waals surface area contributed by atoms with Crippen molar-refractivity contribution in [1.29, 1.82) is 0 Å². The van der Waals surface area contributed by atoms with E-state index in [2.05, 4.69) is 5.32 Å². The normalized spacial score (nSPS) is 12.4. The van der Waals surface area contributed by atoms with Crippen LogP contribution in [0.4, 0.5) is 0 Å². The SMILES string of the molecule is COc1ccc(OC)c(C(=O)NC(CCC(C)(C)C)C(=O)O)c1. The summed E-state index contributed by atoms with van der Waals surface area (Å²) in [7, 11) is 2.94. The summed E-state index contributed by atoms with van der Waals surface area (Å²) in [6.07, 6.45) is 1.04. The van der Waals surface area contributed by atoms with Gasteiger partial charge in [0.2, 0.25) is 0 Å². The molecule has 1 amide bonds. The minimum absolute atomic E-state index is 0.00785. The number of carboxylic acids is 1. The molecular formula is C17H25NO5. The number of amides is 1. The maximum atomic E-state index is 12.4. The molecule has 0 saturated heterocycles. The van der Waals surface area contributed by atoms with Crippen molar-refractivity contribution in [3.05, 3.63) is 23.8 Å². The summed E-state index contributed by atoms with van der Waals surface area (Å²) in [4.78, 5) is 23.8. The van der Waals surface area contributed by atoms with E-state index in [4.69, 9.17) is 9.47 Å². The van der Waals surface area contributed by atoms with Crippen molar-refractivity contribution in [2.24, 2.45) is 5.41 Å². The van der Waals surface area contributed by atoms with E-state index in [9.17, 15) is 14.7 Å². The minimum Gasteiger partial charge on any atom is -0.497 e. The highest BCUT2D eigenvalue weighted by Crippen LogP contribution is 2.25. The first-order chi connectivity index (χ1) is 10.7. The van der Waals surface area contributed by atoms with Gasteiger partial charge in [0.1, 0.15) is 17.5 Å². The Labute approximate surface area is 136 Å². The van der Waals surface area contributed by atoms with Crippen LogP contribution in [0.15, 0.2) is 18.2 Å². The summed E-state index contributed by atoms with van der Waals surface area (Å²) in [5.41, 5.74) is 0.236. The average molecular weight is 323 g/mol. The lowest BCUT2D eigenvalue weighted by atomic mass is 9.88. The smallest absolute Gasteiger partial charge is 0.326 e. The largest absolute Gasteiger partial charge is 0.497 e. The quantitative estimate of drug-likeness (QED) is 0.806. The second kappa shape index (κ2) is 7.85. The second-order valence-corrected chi connectivity index (χ2v) is 6.53. The molecule has 1 unspecified atom stereocenters. The van der Waals surface area contributed by atoms with Crippen LogP contribution < -0.4 is 14.8 Å². The number of methoxy groups -OCH3 is 2. The molecule has 128 valence electrons. The summed E-state index contributed by atoms with van der Waals surface area (Å²) < 4.78 is 10.3. The first-order valence-electron chi connectivity index (χ1n) is 7.43. The lowest BCUT2D eigenvalue weighted by molar-refractivity contribution is -0.139. The Hall–Kier alpha value is -2.24. The Morgan fingerprint density at radius 3 is 2.35 bits per heavy atom. The molecule has 0 aliphatic rings. The van der Waals surface area contributed by atoms with E-state index in [1.165, 1.54) is 20.3 Å². The van der Waals surface area contributed by atoms with Gasteiger partial charge in [-0.05, 0) is 36.5 Å². The summed E-state index contributed by atoms with van der Waals surface area (Å²) in [6.45, 7) is 6.08. The van der Waals surface area contributed by atoms with Crippen molar-refractivity contribution in [2.75, 3.05) is 14.2 Å². The highest BCUT2D eigenvalue weighted by Gasteiger charge is 2.24. The van der Waals surface area contributed by atoms with Crippen molar-refractivity contribution in [3.8, 4) is 11.5 Å². The third-order valence-electron chi connectivity index (χ3n) is 3.44. The summed E-state index contributed by atoms with van der Waals surface area (Å²) in [5, 5.41) is 11.9. The first-order valence-corrected chi connectivity index (χ1v) is 7.43. The van der Waals surface area contributed by atoms with Gasteiger partial charge in [-0.15, -0.1) is 0 Å². The molecule has 0 bridgehead atoms. The summed E-state index contributed by atoms with van der Waals surface area (Å²) >= 11 is 0. The van der Waals surface area contributed by atoms with Crippen LogP contribution in [-0.4, -0.2) is 37.2 Å². The molecule has 0 aliphatic carbocycles. The Balaban J connectivity index is 2.92. The van der Waals surface area contributed by atoms with Gasteiger partial charge in [0.15, 0.2) is 0 Å². The van der Waals surface area contributed by atoms with Crippen molar-refractivity contribution in [1.82, 2.24) is 5.32 Å². The zero-order valence-corrected chi connectivity index (χ0v) is 14.3. The molecule has 1 atom stereocenters. The van der Waals surface area contributed by atoms with Gasteiger partial charge in [-0.25, -0.2) is 4.79 Å². The predicted molar refractivity (Wildman–Crippen MR) is 87.1 cm³/mol. The van der Waals surface area contributed by atoms with Crippen molar-refractivity contribution >= 4 is 11.9 Å². The summed E-state index contributed by atoms with van der Waals surface area (Å²) in [6, 6.07) is 3.86. The van der Waals surface area contributed by atoms with Crippen molar-refractivity contribution in [2.45, 2.75) is 39.7 Å². The van der Waals surface area contributed by atoms with E-state index in [1.54, 1.807) is 12.1 Å². The van der Waals surface area contributed by atoms with Gasteiger partial charge in [0.25, 0.3) is 5.91 Å². The Bertz CT molecular complexity index is 563. The Morgan fingerprint density at radius 2 is 1.87 bits per heavy atom. The zero-order valence-electron chi connectivity index (χ0n) is 14.3. The lowest BCUT2D eigenvalue weighted by Crippen LogP contribution is -2.41. The van der Waals surface area contributed by atoms with Gasteiger partial charge in [-0.1, -0.05) is 20.8 Å². The molecule has 0 radical (unpaired) electrons. The van der Waals surface area contributed by atoms with Crippen LogP contribution in [-0.2, 0) is 4.79 Å². The molecule has 0 aromatic heterocycles. The van der Waals surface area contributed by atoms with Crippen LogP contribution >= 0.6 is 0 Å². The maximum absolute atomic E-state index is 12.4. The predicted octanol–water partition coefficient (Wildman–Crippen LogP) is 2.71. The van der Waals surface area contributed by atoms with E-state index >= 15 is 0 Å². The molecule has 6 nitrogen and oxygen atoms in total. The van der Waals surface area contributed by atoms with Gasteiger partial charge in [-0.3, -0.25) is 4.79 Å². The minimum atomic E-state index is -1.05. The number of ether oxygens (including phenoxy) is 2. The molecule has 23 heavy (non-hydrogen) atoms. The highest BCUT2D eigenvalue weighted by atomic mass is 16.5. The van der Waals surface area contributed by atoms with Crippen LogP contribution in [0.1, 0.15) is 44.0 Å². The van der Waals surface area contributed by atoms with Crippen LogP contribution in [0.25, 0.3) is 0 Å². The fourth-order valence-corrected chi connectivity index (χ4v) is 2.06. The number of carboxylic acid groups (broad SMARTS) is 1. The zero-order chi connectivity index (χ0) is 17.6. The van der Waals surface area contributed by atoms with Crippen molar-refractivity contribution < 1.29 is 24.2 Å². The number of nitrogens with one attached hydrogen (secondary N) is 1. The Kier molecular flexibility index (Phi) is 6.42. The van der Waals surface area contributed by atoms with E-state index < -0.39 is 17.9 Å². The molecule has 1 aromatic rings. The molecule has 1 rings (SSSR count). The number of hydrogen-bond donors (Lipinski definition) is 2. The highest BCUT2D eigenvalue weighted by molar-refractivity contribution is 5.99. The van der Waals surface area contributed by atoms with Gasteiger partial charge in [0, 0.05) is 0 Å². The number of aliphatic carboxylic acids is 1. The first kappa shape index (κ1) is 18.8. The molecular weight excluding hydrogens is 298 g/mol. The van der Waals surface area contributed by atoms with E-state index in [1.807, 2.05) is 20.8 Å². The van der Waals surface area contributed by atoms with Crippen LogP contribution in [0, 0.1) is 5.41 Å². The molecule has 0 heterocycles. The lowest BCUT2D eigenvalue weighted by Gasteiger charge is -2.22. The second-order valence-electron chi connectivity index (χ2n) is 6.53. The maximum Gasteiger partial charge on any atom is 0.326 e. The third-order valence-corrected chi connectivity index (χ3v) is 3.44. The van der Waals surface area contributed by atoms with Gasteiger partial charge in [-0.2, -0.15) is 0 Å². The van der Waals surface area contributed by atoms with E-state index in [-0.39, 0.29) is 11.0 Å². The Morgan fingerprint density at radius 1 is 1.22 bits per heavy atom. The number of rotatable bonds is 7. The molecule has 0 spiro atoms. The molecule has 0 aliphatic heterocycles. The summed E-state index contributed by atoms with van der Waals surface area (Å²) in [5.74, 6) is -0.688. The average Bonchev–Trinajstić information content (AvgIpc) is 2.49. The van der Waals surface area contributed by atoms with E-state index in [0.29, 0.717) is 24.3 Å². The number of carbonyl (C=O) groups is 2. The van der Waals surface area contributed by atoms with Crippen LogP contribution in [0.3, 0.4) is 0 Å². The molecule has 0 saturated carbocycles. The van der Waals surface area contributed by atoms with Gasteiger partial charge in [0.05, 0.1) is 19.8 Å². The monoisotopic (exact) mass is 323 g/mol. The van der Waals surface area contributed by atoms with Gasteiger partial charge >= 0.3 is 5.97 Å². The topological polar surface area (TPSA) is 84.9 Å². The number of benzene rings is 1. The molecule has 1 aromatic carbocycles. The standard InChI is InChI=1S/C17H25NO5/c1-17(2,3)9-8-13(16(20)21)18-15(19)12-10-11(22-4)6-7-14(12)23-5/h6-7,10,13H,8-9H2,1-5H3,(H,18,19)(H,20,21). The van der Waals surface area contributed by atoms with Crippen molar-refractivity contribution in [3.63, 3.8) is 0 Å². The fourth-order valence-electron chi connectivity index (χ4n) is 2.06. The molecule has 2 N–H and O–H groups in total. The number of hydrogen-bond acceptors (Lipinski definition) is 4.